The van der Waals surface area contributed by atoms with Gasteiger partial charge in [-0.2, -0.15) is 0 Å². The summed E-state index contributed by atoms with van der Waals surface area (Å²) in [5.74, 6) is -4.61. The number of esters is 1. The summed E-state index contributed by atoms with van der Waals surface area (Å²) in [7, 11) is 0. The van der Waals surface area contributed by atoms with Gasteiger partial charge in [-0.25, -0.2) is 4.79 Å². The molecule has 1 aromatic carbocycles. The van der Waals surface area contributed by atoms with Crippen LogP contribution in [0.15, 0.2) is 18.2 Å². The standard InChI is InChI=1S/C32H47N3O15/c1-16(2)24(35-23(38)9-11-47-13-12-46-10-8-17(3)36)30(43)33-18(4)29(42)34-21-7-6-20(15-48-19(5)37)14-22(21)49-32-27(41)25(39)26(40)28(50-32)31(44)45/h6-7,14,16,18,24-28,32,39-41H,8-13,15H2,1-5H3,(H,33,43)(H,34,42)(H,35,38)(H,44,45)/t18-,24-,25-,26-,27+,28-,32+/m0/s1. The Kier molecular flexibility index (Phi) is 17.2. The van der Waals surface area contributed by atoms with Crippen molar-refractivity contribution in [1.82, 2.24) is 10.6 Å². The summed E-state index contributed by atoms with van der Waals surface area (Å²) in [4.78, 5) is 72.6. The number of carboxylic acid groups (broad SMARTS) is 1. The summed E-state index contributed by atoms with van der Waals surface area (Å²) in [6.07, 6.45) is -9.36. The van der Waals surface area contributed by atoms with E-state index in [1.54, 1.807) is 13.8 Å². The minimum absolute atomic E-state index is 0.0135. The highest BCUT2D eigenvalue weighted by Gasteiger charge is 2.48. The van der Waals surface area contributed by atoms with Crippen molar-refractivity contribution in [1.29, 1.82) is 0 Å². The van der Waals surface area contributed by atoms with Crippen molar-refractivity contribution in [2.24, 2.45) is 5.92 Å². The number of carboxylic acids is 1. The second kappa shape index (κ2) is 20.5. The molecule has 0 saturated carbocycles. The summed E-state index contributed by atoms with van der Waals surface area (Å²) >= 11 is 0. The normalized spacial score (nSPS) is 21.4. The van der Waals surface area contributed by atoms with Gasteiger partial charge in [0.2, 0.25) is 24.0 Å². The fourth-order valence-electron chi connectivity index (χ4n) is 4.41. The van der Waals surface area contributed by atoms with Crippen LogP contribution in [0, 0.1) is 5.92 Å². The van der Waals surface area contributed by atoms with Gasteiger partial charge in [-0.05, 0) is 37.5 Å². The zero-order valence-corrected chi connectivity index (χ0v) is 28.6. The molecule has 50 heavy (non-hydrogen) atoms. The Morgan fingerprint density at radius 1 is 0.840 bits per heavy atom. The first kappa shape index (κ1) is 42.0. The van der Waals surface area contributed by atoms with E-state index in [0.29, 0.717) is 12.0 Å². The molecule has 0 aromatic heterocycles. The second-order valence-corrected chi connectivity index (χ2v) is 11.9. The minimum atomic E-state index is -1.97. The Hall–Kier alpha value is -4.20. The first-order chi connectivity index (χ1) is 23.5. The van der Waals surface area contributed by atoms with Gasteiger partial charge < -0.3 is 60.1 Å². The Balaban J connectivity index is 2.06. The van der Waals surface area contributed by atoms with Crippen LogP contribution in [0.5, 0.6) is 5.75 Å². The van der Waals surface area contributed by atoms with Gasteiger partial charge in [0.05, 0.1) is 32.1 Å². The fourth-order valence-corrected chi connectivity index (χ4v) is 4.41. The van der Waals surface area contributed by atoms with E-state index in [9.17, 15) is 49.2 Å². The molecule has 7 N–H and O–H groups in total. The van der Waals surface area contributed by atoms with Crippen molar-refractivity contribution in [3.63, 3.8) is 0 Å². The highest BCUT2D eigenvalue weighted by atomic mass is 16.7. The van der Waals surface area contributed by atoms with Crippen molar-refractivity contribution in [3.05, 3.63) is 23.8 Å². The van der Waals surface area contributed by atoms with E-state index >= 15 is 0 Å². The molecule has 0 radical (unpaired) electrons. The number of aliphatic hydroxyl groups excluding tert-OH is 3. The van der Waals surface area contributed by atoms with Crippen molar-refractivity contribution in [3.8, 4) is 5.75 Å². The number of ether oxygens (including phenoxy) is 5. The van der Waals surface area contributed by atoms with Crippen molar-refractivity contribution < 1.29 is 72.9 Å². The smallest absolute Gasteiger partial charge is 0.335 e. The topological polar surface area (TPSA) is 266 Å². The molecule has 7 atom stereocenters. The third-order valence-corrected chi connectivity index (χ3v) is 7.26. The quantitative estimate of drug-likeness (QED) is 0.0632. The average Bonchev–Trinajstić information content (AvgIpc) is 3.04. The molecular weight excluding hydrogens is 666 g/mol. The van der Waals surface area contributed by atoms with Crippen molar-refractivity contribution in [2.45, 2.75) is 96.9 Å². The number of rotatable bonds is 20. The zero-order valence-electron chi connectivity index (χ0n) is 28.6. The van der Waals surface area contributed by atoms with Crippen LogP contribution < -0.4 is 20.7 Å². The molecule has 2 rings (SSSR count). The number of aliphatic carboxylic acids is 1. The highest BCUT2D eigenvalue weighted by molar-refractivity contribution is 5.99. The van der Waals surface area contributed by atoms with Crippen molar-refractivity contribution >= 4 is 41.1 Å². The van der Waals surface area contributed by atoms with Crippen LogP contribution in [0.25, 0.3) is 0 Å². The predicted molar refractivity (Wildman–Crippen MR) is 171 cm³/mol. The number of carbonyl (C=O) groups excluding carboxylic acids is 5. The number of nitrogens with one attached hydrogen (secondary N) is 3. The summed E-state index contributed by atoms with van der Waals surface area (Å²) in [6.45, 7) is 8.06. The third-order valence-electron chi connectivity index (χ3n) is 7.26. The Bertz CT molecular complexity index is 1340. The predicted octanol–water partition coefficient (Wildman–Crippen LogP) is -0.993. The van der Waals surface area contributed by atoms with E-state index in [1.165, 1.54) is 39.0 Å². The molecule has 1 saturated heterocycles. The van der Waals surface area contributed by atoms with Gasteiger partial charge in [0.25, 0.3) is 0 Å². The Labute approximate surface area is 288 Å². The number of aliphatic hydroxyl groups is 3. The van der Waals surface area contributed by atoms with Crippen LogP contribution in [0.3, 0.4) is 0 Å². The molecule has 18 heteroatoms. The lowest BCUT2D eigenvalue weighted by Crippen LogP contribution is -2.61. The zero-order chi connectivity index (χ0) is 37.5. The van der Waals surface area contributed by atoms with E-state index in [4.69, 9.17) is 23.7 Å². The van der Waals surface area contributed by atoms with Crippen LogP contribution in [0.2, 0.25) is 0 Å². The number of carbonyl (C=O) groups is 6. The molecule has 3 amide bonds. The fraction of sp³-hybridized carbons (Fsp3) is 0.625. The molecule has 0 unspecified atom stereocenters. The van der Waals surface area contributed by atoms with E-state index in [2.05, 4.69) is 16.0 Å². The Morgan fingerprint density at radius 3 is 2.06 bits per heavy atom. The lowest BCUT2D eigenvalue weighted by molar-refractivity contribution is -0.271. The summed E-state index contributed by atoms with van der Waals surface area (Å²) in [5.41, 5.74) is 0.318. The van der Waals surface area contributed by atoms with Crippen LogP contribution in [0.1, 0.15) is 53.0 Å². The first-order valence-electron chi connectivity index (χ1n) is 15.9. The number of Topliss-reactive ketones (excluding diaryl/α,β-unsaturated/α-hetero) is 1. The summed E-state index contributed by atoms with van der Waals surface area (Å²) < 4.78 is 26.5. The molecule has 1 heterocycles. The molecule has 0 spiro atoms. The molecule has 1 aliphatic heterocycles. The van der Waals surface area contributed by atoms with Gasteiger partial charge in [0.15, 0.2) is 6.10 Å². The number of benzene rings is 1. The lowest BCUT2D eigenvalue weighted by atomic mass is 9.99. The SMILES string of the molecule is CC(=O)CCOCCOCCC(=O)N[C@H](C(=O)N[C@@H](C)C(=O)Nc1ccc(COC(C)=O)cc1O[C@@H]1O[C@H](C(=O)O)[C@@H](O)[C@H](O)[C@H]1O)C(C)C. The third kappa shape index (κ3) is 13.6. The van der Waals surface area contributed by atoms with Crippen LogP contribution in [0.4, 0.5) is 5.69 Å². The Morgan fingerprint density at radius 2 is 1.48 bits per heavy atom. The number of anilines is 1. The van der Waals surface area contributed by atoms with Crippen LogP contribution in [-0.2, 0) is 54.3 Å². The minimum Gasteiger partial charge on any atom is -0.479 e. The monoisotopic (exact) mass is 713 g/mol. The van der Waals surface area contributed by atoms with E-state index < -0.39 is 72.4 Å². The van der Waals surface area contributed by atoms with Gasteiger partial charge in [-0.1, -0.05) is 19.9 Å². The molecule has 18 nitrogen and oxygen atoms in total. The number of hydrogen-bond donors (Lipinski definition) is 7. The maximum atomic E-state index is 13.2. The van der Waals surface area contributed by atoms with Gasteiger partial charge in [0.1, 0.15) is 48.5 Å². The average molecular weight is 714 g/mol. The van der Waals surface area contributed by atoms with Crippen molar-refractivity contribution in [2.75, 3.05) is 31.7 Å². The molecule has 1 aliphatic rings. The van der Waals surface area contributed by atoms with Crippen LogP contribution >= 0.6 is 0 Å². The summed E-state index contributed by atoms with van der Waals surface area (Å²) in [5, 5.41) is 47.7. The van der Waals surface area contributed by atoms with Gasteiger partial charge in [-0.15, -0.1) is 0 Å². The molecular formula is C32H47N3O15. The molecule has 0 bridgehead atoms. The van der Waals surface area contributed by atoms with Crippen LogP contribution in [-0.4, -0.2) is 125 Å². The van der Waals surface area contributed by atoms with Gasteiger partial charge in [0, 0.05) is 19.8 Å². The molecule has 1 fully saturated rings. The van der Waals surface area contributed by atoms with E-state index in [1.807, 2.05) is 0 Å². The molecule has 280 valence electrons. The second-order valence-electron chi connectivity index (χ2n) is 11.9. The first-order valence-corrected chi connectivity index (χ1v) is 15.9. The van der Waals surface area contributed by atoms with Gasteiger partial charge >= 0.3 is 11.9 Å². The molecule has 0 aliphatic carbocycles. The van der Waals surface area contributed by atoms with E-state index in [0.717, 1.165) is 0 Å². The molecule has 1 aromatic rings. The number of amides is 3. The number of ketones is 1. The number of hydrogen-bond acceptors (Lipinski definition) is 14. The maximum absolute atomic E-state index is 13.2. The summed E-state index contributed by atoms with van der Waals surface area (Å²) in [6, 6.07) is 1.97. The highest BCUT2D eigenvalue weighted by Crippen LogP contribution is 2.31. The van der Waals surface area contributed by atoms with E-state index in [-0.39, 0.29) is 62.6 Å². The lowest BCUT2D eigenvalue weighted by Gasteiger charge is -2.38. The maximum Gasteiger partial charge on any atom is 0.335 e. The van der Waals surface area contributed by atoms with Gasteiger partial charge in [-0.3, -0.25) is 24.0 Å². The largest absolute Gasteiger partial charge is 0.479 e.